The number of nitrogens with zero attached hydrogens (tertiary/aromatic N) is 2. The Morgan fingerprint density at radius 1 is 1.25 bits per heavy atom. The molecule has 1 aromatic carbocycles. The smallest absolute Gasteiger partial charge is 0.130 e. The quantitative estimate of drug-likeness (QED) is 0.903. The van der Waals surface area contributed by atoms with Crippen LogP contribution in [0.4, 0.5) is 5.82 Å². The van der Waals surface area contributed by atoms with Crippen LogP contribution < -0.4 is 5.32 Å². The summed E-state index contributed by atoms with van der Waals surface area (Å²) in [5.41, 5.74) is 2.45. The van der Waals surface area contributed by atoms with E-state index in [1.165, 1.54) is 11.1 Å². The fourth-order valence-electron chi connectivity index (χ4n) is 2.19. The topological polar surface area (TPSA) is 28.2 Å². The summed E-state index contributed by atoms with van der Waals surface area (Å²) in [5.74, 6) is 0.933. The lowest BCUT2D eigenvalue weighted by atomic mass is 10.1. The number of benzene rings is 1. The molecule has 0 radical (unpaired) electrons. The number of nitrogens with one attached hydrogen (secondary N) is 1. The predicted octanol–water partition coefficient (Wildman–Crippen LogP) is 3.97. The summed E-state index contributed by atoms with van der Waals surface area (Å²) in [6.45, 7) is 3.03. The Morgan fingerprint density at radius 2 is 1.95 bits per heavy atom. The van der Waals surface area contributed by atoms with Gasteiger partial charge >= 0.3 is 0 Å². The van der Waals surface area contributed by atoms with Crippen molar-refractivity contribution < 1.29 is 0 Å². The van der Waals surface area contributed by atoms with E-state index >= 15 is 0 Å². The SMILES string of the molecule is CNc1ncccc1CN(C)C(C)c1ccc(Cl)cc1. The molecule has 0 bridgehead atoms. The van der Waals surface area contributed by atoms with Crippen LogP contribution >= 0.6 is 11.6 Å². The van der Waals surface area contributed by atoms with Crippen molar-refractivity contribution in [2.75, 3.05) is 19.4 Å². The van der Waals surface area contributed by atoms with Crippen LogP contribution in [0.15, 0.2) is 42.6 Å². The van der Waals surface area contributed by atoms with Crippen molar-refractivity contribution in [3.8, 4) is 0 Å². The van der Waals surface area contributed by atoms with Gasteiger partial charge < -0.3 is 5.32 Å². The molecule has 1 atom stereocenters. The summed E-state index contributed by atoms with van der Waals surface area (Å²) in [5, 5.41) is 3.90. The molecule has 0 aliphatic rings. The third-order valence-electron chi connectivity index (χ3n) is 3.56. The second kappa shape index (κ2) is 6.73. The van der Waals surface area contributed by atoms with Crippen LogP contribution in [0.25, 0.3) is 0 Å². The van der Waals surface area contributed by atoms with Crippen LogP contribution in [0.1, 0.15) is 24.1 Å². The average Bonchev–Trinajstić information content (AvgIpc) is 2.48. The molecule has 0 spiro atoms. The van der Waals surface area contributed by atoms with Gasteiger partial charge in [0.15, 0.2) is 0 Å². The fraction of sp³-hybridized carbons (Fsp3) is 0.312. The van der Waals surface area contributed by atoms with E-state index < -0.39 is 0 Å². The van der Waals surface area contributed by atoms with Gasteiger partial charge in [-0.2, -0.15) is 0 Å². The number of hydrogen-bond donors (Lipinski definition) is 1. The van der Waals surface area contributed by atoms with Crippen LogP contribution in [-0.4, -0.2) is 24.0 Å². The molecule has 106 valence electrons. The summed E-state index contributed by atoms with van der Waals surface area (Å²) in [7, 11) is 4.01. The van der Waals surface area contributed by atoms with Gasteiger partial charge in [-0.3, -0.25) is 4.90 Å². The van der Waals surface area contributed by atoms with Gasteiger partial charge in [0.25, 0.3) is 0 Å². The molecule has 0 aliphatic heterocycles. The first-order chi connectivity index (χ1) is 9.61. The monoisotopic (exact) mass is 289 g/mol. The Bertz CT molecular complexity index is 554. The van der Waals surface area contributed by atoms with E-state index in [1.807, 2.05) is 25.2 Å². The van der Waals surface area contributed by atoms with Gasteiger partial charge in [-0.1, -0.05) is 29.8 Å². The van der Waals surface area contributed by atoms with E-state index in [0.717, 1.165) is 17.4 Å². The Hall–Kier alpha value is -1.58. The van der Waals surface area contributed by atoms with E-state index in [2.05, 4.69) is 47.4 Å². The lowest BCUT2D eigenvalue weighted by Crippen LogP contribution is -2.22. The number of halogens is 1. The fourth-order valence-corrected chi connectivity index (χ4v) is 2.32. The second-order valence-corrected chi connectivity index (χ2v) is 5.34. The lowest BCUT2D eigenvalue weighted by molar-refractivity contribution is 0.253. The highest BCUT2D eigenvalue weighted by Gasteiger charge is 2.13. The van der Waals surface area contributed by atoms with Crippen LogP contribution in [0.3, 0.4) is 0 Å². The number of anilines is 1. The molecule has 0 saturated heterocycles. The molecule has 1 heterocycles. The molecule has 1 N–H and O–H groups in total. The van der Waals surface area contributed by atoms with Crippen molar-refractivity contribution in [3.05, 3.63) is 58.7 Å². The van der Waals surface area contributed by atoms with Crippen LogP contribution in [-0.2, 0) is 6.54 Å². The molecular weight excluding hydrogens is 270 g/mol. The summed E-state index contributed by atoms with van der Waals surface area (Å²) < 4.78 is 0. The van der Waals surface area contributed by atoms with E-state index in [9.17, 15) is 0 Å². The third kappa shape index (κ3) is 3.50. The molecule has 0 aliphatic carbocycles. The number of hydrogen-bond acceptors (Lipinski definition) is 3. The third-order valence-corrected chi connectivity index (χ3v) is 3.81. The van der Waals surface area contributed by atoms with E-state index in [-0.39, 0.29) is 0 Å². The molecule has 20 heavy (non-hydrogen) atoms. The number of pyridine rings is 1. The molecule has 1 unspecified atom stereocenters. The first-order valence-electron chi connectivity index (χ1n) is 6.69. The Balaban J connectivity index is 2.11. The summed E-state index contributed by atoms with van der Waals surface area (Å²) >= 11 is 5.94. The minimum absolute atomic E-state index is 0.317. The maximum atomic E-state index is 5.94. The summed E-state index contributed by atoms with van der Waals surface area (Å²) in [4.78, 5) is 6.63. The van der Waals surface area contributed by atoms with Gasteiger partial charge in [0.05, 0.1) is 0 Å². The largest absolute Gasteiger partial charge is 0.373 e. The summed E-state index contributed by atoms with van der Waals surface area (Å²) in [6.07, 6.45) is 1.80. The maximum Gasteiger partial charge on any atom is 0.130 e. The van der Waals surface area contributed by atoms with Gasteiger partial charge in [0, 0.05) is 36.4 Å². The predicted molar refractivity (Wildman–Crippen MR) is 85.1 cm³/mol. The number of aromatic nitrogens is 1. The second-order valence-electron chi connectivity index (χ2n) is 4.90. The molecule has 2 aromatic rings. The molecule has 1 aromatic heterocycles. The zero-order valence-corrected chi connectivity index (χ0v) is 12.9. The van der Waals surface area contributed by atoms with Gasteiger partial charge in [0.1, 0.15) is 5.82 Å². The van der Waals surface area contributed by atoms with E-state index in [1.54, 1.807) is 6.20 Å². The maximum absolute atomic E-state index is 5.94. The van der Waals surface area contributed by atoms with Crippen molar-refractivity contribution in [3.63, 3.8) is 0 Å². The molecule has 0 amide bonds. The van der Waals surface area contributed by atoms with E-state index in [4.69, 9.17) is 11.6 Å². The van der Waals surface area contributed by atoms with Crippen molar-refractivity contribution in [2.45, 2.75) is 19.5 Å². The highest BCUT2D eigenvalue weighted by Crippen LogP contribution is 2.23. The van der Waals surface area contributed by atoms with Crippen LogP contribution in [0, 0.1) is 0 Å². The van der Waals surface area contributed by atoms with Gasteiger partial charge in [-0.25, -0.2) is 4.98 Å². The minimum Gasteiger partial charge on any atom is -0.373 e. The Kier molecular flexibility index (Phi) is 4.99. The lowest BCUT2D eigenvalue weighted by Gasteiger charge is -2.25. The molecule has 4 heteroatoms. The van der Waals surface area contributed by atoms with Gasteiger partial charge in [0.2, 0.25) is 0 Å². The summed E-state index contributed by atoms with van der Waals surface area (Å²) in [6, 6.07) is 12.4. The van der Waals surface area contributed by atoms with Crippen molar-refractivity contribution in [2.24, 2.45) is 0 Å². The van der Waals surface area contributed by atoms with Gasteiger partial charge in [-0.15, -0.1) is 0 Å². The van der Waals surface area contributed by atoms with Crippen molar-refractivity contribution in [1.29, 1.82) is 0 Å². The molecular formula is C16H20ClN3. The number of rotatable bonds is 5. The van der Waals surface area contributed by atoms with Gasteiger partial charge in [-0.05, 0) is 37.7 Å². The standard InChI is InChI=1S/C16H20ClN3/c1-12(13-6-8-15(17)9-7-13)20(3)11-14-5-4-10-19-16(14)18-2/h4-10,12H,11H2,1-3H3,(H,18,19). The zero-order chi connectivity index (χ0) is 14.5. The Morgan fingerprint density at radius 3 is 2.60 bits per heavy atom. The Labute approximate surface area is 125 Å². The highest BCUT2D eigenvalue weighted by molar-refractivity contribution is 6.30. The molecule has 0 saturated carbocycles. The molecule has 0 fully saturated rings. The molecule has 2 rings (SSSR count). The van der Waals surface area contributed by atoms with Crippen LogP contribution in [0.2, 0.25) is 5.02 Å². The van der Waals surface area contributed by atoms with E-state index in [0.29, 0.717) is 6.04 Å². The normalized spacial score (nSPS) is 12.4. The minimum atomic E-state index is 0.317. The highest BCUT2D eigenvalue weighted by atomic mass is 35.5. The first kappa shape index (κ1) is 14.8. The van der Waals surface area contributed by atoms with Crippen molar-refractivity contribution >= 4 is 17.4 Å². The average molecular weight is 290 g/mol. The zero-order valence-electron chi connectivity index (χ0n) is 12.1. The molecule has 3 nitrogen and oxygen atoms in total. The van der Waals surface area contributed by atoms with Crippen LogP contribution in [0.5, 0.6) is 0 Å². The van der Waals surface area contributed by atoms with Crippen molar-refractivity contribution in [1.82, 2.24) is 9.88 Å². The first-order valence-corrected chi connectivity index (χ1v) is 7.07.